The smallest absolute Gasteiger partial charge is 0.408 e. The number of carbonyl (C=O) groups is 1. The van der Waals surface area contributed by atoms with Gasteiger partial charge in [-0.2, -0.15) is 0 Å². The van der Waals surface area contributed by atoms with Gasteiger partial charge in [0.2, 0.25) is 0 Å². The van der Waals surface area contributed by atoms with E-state index in [1.807, 2.05) is 20.8 Å². The Morgan fingerprint density at radius 2 is 2.00 bits per heavy atom. The molecule has 1 atom stereocenters. The van der Waals surface area contributed by atoms with Gasteiger partial charge in [0.25, 0.3) is 0 Å². The Kier molecular flexibility index (Phi) is 4.61. The molecule has 5 nitrogen and oxygen atoms in total. The van der Waals surface area contributed by atoms with Gasteiger partial charge in [0, 0.05) is 12.4 Å². The molecule has 1 amide bonds. The summed E-state index contributed by atoms with van der Waals surface area (Å²) in [5.74, 6) is 0.751. The van der Waals surface area contributed by atoms with E-state index in [0.29, 0.717) is 0 Å². The summed E-state index contributed by atoms with van der Waals surface area (Å²) >= 11 is 0. The number of carbonyl (C=O) groups excluding carboxylic acids is 1. The number of H-pyrrole nitrogens is 1. The van der Waals surface area contributed by atoms with Crippen LogP contribution in [-0.4, -0.2) is 21.7 Å². The highest BCUT2D eigenvalue weighted by molar-refractivity contribution is 5.68. The van der Waals surface area contributed by atoms with Gasteiger partial charge in [-0.25, -0.2) is 9.78 Å². The molecule has 0 saturated carbocycles. The zero-order valence-corrected chi connectivity index (χ0v) is 12.7. The van der Waals surface area contributed by atoms with E-state index in [1.165, 1.54) is 0 Å². The Morgan fingerprint density at radius 3 is 2.42 bits per heavy atom. The summed E-state index contributed by atoms with van der Waals surface area (Å²) in [6.45, 7) is 11.9. The monoisotopic (exact) mass is 267 g/mol. The lowest BCUT2D eigenvalue weighted by Crippen LogP contribution is -2.36. The lowest BCUT2D eigenvalue weighted by Gasteiger charge is -2.27. The minimum atomic E-state index is -0.500. The van der Waals surface area contributed by atoms with E-state index in [0.717, 1.165) is 12.2 Å². The first-order valence-corrected chi connectivity index (χ1v) is 6.56. The standard InChI is InChI=1S/C14H25N3O2/c1-13(2,3)9-10(11-15-7-8-16-11)17-12(18)19-14(4,5)6/h7-8,10H,9H2,1-6H3,(H,15,16)(H,17,18). The van der Waals surface area contributed by atoms with Crippen molar-refractivity contribution in [3.05, 3.63) is 18.2 Å². The first-order chi connectivity index (χ1) is 8.57. The normalized spacial score (nSPS) is 14.0. The van der Waals surface area contributed by atoms with Crippen molar-refractivity contribution in [1.29, 1.82) is 0 Å². The molecule has 0 aliphatic rings. The van der Waals surface area contributed by atoms with Crippen LogP contribution in [-0.2, 0) is 4.74 Å². The first kappa shape index (κ1) is 15.5. The van der Waals surface area contributed by atoms with Crippen LogP contribution in [0.1, 0.15) is 59.8 Å². The van der Waals surface area contributed by atoms with E-state index in [9.17, 15) is 4.79 Å². The molecule has 0 saturated heterocycles. The van der Waals surface area contributed by atoms with Crippen LogP contribution in [0.2, 0.25) is 0 Å². The Labute approximate surface area is 115 Å². The maximum absolute atomic E-state index is 11.9. The van der Waals surface area contributed by atoms with Gasteiger partial charge in [-0.05, 0) is 32.6 Å². The summed E-state index contributed by atoms with van der Waals surface area (Å²) in [5.41, 5.74) is -0.425. The van der Waals surface area contributed by atoms with Crippen molar-refractivity contribution in [3.8, 4) is 0 Å². The van der Waals surface area contributed by atoms with Gasteiger partial charge >= 0.3 is 6.09 Å². The van der Waals surface area contributed by atoms with Crippen LogP contribution in [0.25, 0.3) is 0 Å². The zero-order chi connectivity index (χ0) is 14.7. The zero-order valence-electron chi connectivity index (χ0n) is 12.7. The van der Waals surface area contributed by atoms with Gasteiger partial charge in [-0.1, -0.05) is 20.8 Å². The van der Waals surface area contributed by atoms with Crippen molar-refractivity contribution in [1.82, 2.24) is 15.3 Å². The first-order valence-electron chi connectivity index (χ1n) is 6.56. The number of nitrogens with one attached hydrogen (secondary N) is 2. The largest absolute Gasteiger partial charge is 0.444 e. The average Bonchev–Trinajstić information content (AvgIpc) is 2.62. The lowest BCUT2D eigenvalue weighted by atomic mass is 9.88. The molecule has 2 N–H and O–H groups in total. The molecule has 1 aromatic rings. The third-order valence-corrected chi connectivity index (χ3v) is 2.36. The highest BCUT2D eigenvalue weighted by atomic mass is 16.6. The molecule has 0 aliphatic heterocycles. The molecular formula is C14H25N3O2. The lowest BCUT2D eigenvalue weighted by molar-refractivity contribution is 0.0489. The molecule has 108 valence electrons. The van der Waals surface area contributed by atoms with Gasteiger partial charge in [-0.15, -0.1) is 0 Å². The molecule has 5 heteroatoms. The average molecular weight is 267 g/mol. The van der Waals surface area contributed by atoms with Crippen molar-refractivity contribution in [2.75, 3.05) is 0 Å². The SMILES string of the molecule is CC(C)(C)CC(NC(=O)OC(C)(C)C)c1ncc[nH]1. The maximum atomic E-state index is 11.9. The van der Waals surface area contributed by atoms with Crippen molar-refractivity contribution in [2.45, 2.75) is 59.6 Å². The Morgan fingerprint density at radius 1 is 1.37 bits per heavy atom. The molecule has 0 fully saturated rings. The Balaban J connectivity index is 2.73. The number of alkyl carbamates (subject to hydrolysis) is 1. The summed E-state index contributed by atoms with van der Waals surface area (Å²) in [4.78, 5) is 19.1. The van der Waals surface area contributed by atoms with Crippen LogP contribution in [0.15, 0.2) is 12.4 Å². The molecule has 0 aromatic carbocycles. The molecule has 0 radical (unpaired) electrons. The van der Waals surface area contributed by atoms with Crippen LogP contribution >= 0.6 is 0 Å². The number of amides is 1. The maximum Gasteiger partial charge on any atom is 0.408 e. The highest BCUT2D eigenvalue weighted by Gasteiger charge is 2.26. The second-order valence-electron chi connectivity index (χ2n) is 6.94. The molecule has 0 spiro atoms. The quantitative estimate of drug-likeness (QED) is 0.881. The number of rotatable bonds is 3. The summed E-state index contributed by atoms with van der Waals surface area (Å²) < 4.78 is 5.29. The van der Waals surface area contributed by atoms with Gasteiger partial charge in [0.1, 0.15) is 11.4 Å². The van der Waals surface area contributed by atoms with Crippen molar-refractivity contribution in [2.24, 2.45) is 5.41 Å². The van der Waals surface area contributed by atoms with Crippen molar-refractivity contribution >= 4 is 6.09 Å². The Bertz CT molecular complexity index is 399. The number of imidazole rings is 1. The second-order valence-corrected chi connectivity index (χ2v) is 6.94. The third kappa shape index (κ3) is 6.27. The fourth-order valence-corrected chi connectivity index (χ4v) is 1.75. The fraction of sp³-hybridized carbons (Fsp3) is 0.714. The number of nitrogens with zero attached hydrogens (tertiary/aromatic N) is 1. The minimum Gasteiger partial charge on any atom is -0.444 e. The number of aromatic nitrogens is 2. The summed E-state index contributed by atoms with van der Waals surface area (Å²) in [6, 6.07) is -0.176. The number of ether oxygens (including phenoxy) is 1. The van der Waals surface area contributed by atoms with Crippen LogP contribution in [0, 0.1) is 5.41 Å². The summed E-state index contributed by atoms with van der Waals surface area (Å²) in [7, 11) is 0. The van der Waals surface area contributed by atoms with E-state index in [4.69, 9.17) is 4.74 Å². The van der Waals surface area contributed by atoms with Gasteiger partial charge in [0.05, 0.1) is 6.04 Å². The summed E-state index contributed by atoms with van der Waals surface area (Å²) in [6.07, 6.45) is 3.79. The van der Waals surface area contributed by atoms with E-state index in [2.05, 4.69) is 36.1 Å². The predicted octanol–water partition coefficient (Wildman–Crippen LogP) is 3.41. The number of aromatic amines is 1. The van der Waals surface area contributed by atoms with E-state index < -0.39 is 11.7 Å². The van der Waals surface area contributed by atoms with Crippen LogP contribution < -0.4 is 5.32 Å². The summed E-state index contributed by atoms with van der Waals surface area (Å²) in [5, 5.41) is 2.88. The molecule has 1 unspecified atom stereocenters. The number of hydrogen-bond acceptors (Lipinski definition) is 3. The van der Waals surface area contributed by atoms with E-state index >= 15 is 0 Å². The van der Waals surface area contributed by atoms with Crippen LogP contribution in [0.5, 0.6) is 0 Å². The van der Waals surface area contributed by atoms with Crippen molar-refractivity contribution in [3.63, 3.8) is 0 Å². The molecule has 1 heterocycles. The highest BCUT2D eigenvalue weighted by Crippen LogP contribution is 2.28. The van der Waals surface area contributed by atoms with Crippen molar-refractivity contribution < 1.29 is 9.53 Å². The van der Waals surface area contributed by atoms with E-state index in [1.54, 1.807) is 12.4 Å². The Hall–Kier alpha value is -1.52. The van der Waals surface area contributed by atoms with Gasteiger partial charge in [-0.3, -0.25) is 0 Å². The molecule has 0 bridgehead atoms. The minimum absolute atomic E-state index is 0.0759. The number of hydrogen-bond donors (Lipinski definition) is 2. The fourth-order valence-electron chi connectivity index (χ4n) is 1.75. The third-order valence-electron chi connectivity index (χ3n) is 2.36. The molecule has 19 heavy (non-hydrogen) atoms. The predicted molar refractivity (Wildman–Crippen MR) is 74.8 cm³/mol. The molecule has 1 rings (SSSR count). The molecular weight excluding hydrogens is 242 g/mol. The topological polar surface area (TPSA) is 67.0 Å². The van der Waals surface area contributed by atoms with Gasteiger partial charge < -0.3 is 15.0 Å². The van der Waals surface area contributed by atoms with Gasteiger partial charge in [0.15, 0.2) is 0 Å². The molecule has 0 aliphatic carbocycles. The van der Waals surface area contributed by atoms with Crippen LogP contribution in [0.3, 0.4) is 0 Å². The van der Waals surface area contributed by atoms with Crippen LogP contribution in [0.4, 0.5) is 4.79 Å². The van der Waals surface area contributed by atoms with E-state index in [-0.39, 0.29) is 11.5 Å². The second kappa shape index (κ2) is 5.63. The molecule has 1 aromatic heterocycles.